The number of rotatable bonds is 1. The van der Waals surface area contributed by atoms with Gasteiger partial charge in [-0.3, -0.25) is 9.36 Å². The normalized spacial score (nSPS) is 12.8. The summed E-state index contributed by atoms with van der Waals surface area (Å²) in [4.78, 5) is 16.2. The second-order valence-electron chi connectivity index (χ2n) is 3.72. The predicted molar refractivity (Wildman–Crippen MR) is 59.3 cm³/mol. The van der Waals surface area contributed by atoms with E-state index in [2.05, 4.69) is 4.98 Å². The van der Waals surface area contributed by atoms with Crippen LogP contribution in [0.15, 0.2) is 30.6 Å². The minimum Gasteiger partial charge on any atom is -0.454 e. The van der Waals surface area contributed by atoms with E-state index in [1.807, 2.05) is 0 Å². The van der Waals surface area contributed by atoms with Gasteiger partial charge in [0, 0.05) is 18.0 Å². The number of hydrogen-bond acceptors (Lipinski definition) is 4. The molecule has 2 heterocycles. The zero-order chi connectivity index (χ0) is 11.8. The van der Waals surface area contributed by atoms with E-state index < -0.39 is 0 Å². The van der Waals surface area contributed by atoms with Crippen molar-refractivity contribution in [3.63, 3.8) is 0 Å². The summed E-state index contributed by atoms with van der Waals surface area (Å²) in [6, 6.07) is 5.14. The Balaban J connectivity index is 2.00. The number of ether oxygens (including phenoxy) is 2. The van der Waals surface area contributed by atoms with E-state index in [0.29, 0.717) is 22.9 Å². The molecule has 5 nitrogen and oxygen atoms in total. The Morgan fingerprint density at radius 2 is 2.18 bits per heavy atom. The van der Waals surface area contributed by atoms with E-state index in [-0.39, 0.29) is 12.7 Å². The van der Waals surface area contributed by atoms with E-state index in [9.17, 15) is 4.79 Å². The fourth-order valence-electron chi connectivity index (χ4n) is 1.76. The highest BCUT2D eigenvalue weighted by Crippen LogP contribution is 2.32. The smallest absolute Gasteiger partial charge is 0.263 e. The van der Waals surface area contributed by atoms with Crippen molar-refractivity contribution in [1.29, 1.82) is 0 Å². The van der Waals surface area contributed by atoms with Crippen molar-refractivity contribution in [1.82, 2.24) is 9.55 Å². The molecular formula is C12H10N2O3. The second kappa shape index (κ2) is 3.62. The van der Waals surface area contributed by atoms with Crippen LogP contribution in [0, 0.1) is 6.92 Å². The molecule has 1 aliphatic heterocycles. The first-order chi connectivity index (χ1) is 8.25. The van der Waals surface area contributed by atoms with E-state index in [1.165, 1.54) is 4.57 Å². The van der Waals surface area contributed by atoms with Crippen molar-refractivity contribution in [2.75, 3.05) is 6.79 Å². The molecule has 0 spiro atoms. The van der Waals surface area contributed by atoms with Crippen LogP contribution in [0.2, 0.25) is 0 Å². The Labute approximate surface area is 97.6 Å². The van der Waals surface area contributed by atoms with Gasteiger partial charge in [0.25, 0.3) is 5.91 Å². The average molecular weight is 230 g/mol. The Morgan fingerprint density at radius 3 is 2.94 bits per heavy atom. The molecule has 0 saturated carbocycles. The van der Waals surface area contributed by atoms with Gasteiger partial charge in [0.15, 0.2) is 11.5 Å². The molecular weight excluding hydrogens is 220 g/mol. The molecule has 0 bridgehead atoms. The van der Waals surface area contributed by atoms with Crippen molar-refractivity contribution < 1.29 is 14.3 Å². The van der Waals surface area contributed by atoms with Crippen molar-refractivity contribution in [2.45, 2.75) is 6.92 Å². The molecule has 5 heteroatoms. The molecule has 1 aliphatic rings. The second-order valence-corrected chi connectivity index (χ2v) is 3.72. The molecule has 0 aliphatic carbocycles. The molecule has 1 aromatic carbocycles. The molecule has 0 fully saturated rings. The number of fused-ring (bicyclic) bond motifs is 1. The summed E-state index contributed by atoms with van der Waals surface area (Å²) in [5.41, 5.74) is 0.551. The van der Waals surface area contributed by atoms with Gasteiger partial charge in [-0.1, -0.05) is 0 Å². The molecule has 0 atom stereocenters. The maximum atomic E-state index is 12.2. The maximum Gasteiger partial charge on any atom is 0.263 e. The highest BCUT2D eigenvalue weighted by atomic mass is 16.7. The molecule has 0 amide bonds. The van der Waals surface area contributed by atoms with Crippen LogP contribution < -0.4 is 9.47 Å². The highest BCUT2D eigenvalue weighted by Gasteiger charge is 2.17. The van der Waals surface area contributed by atoms with Gasteiger partial charge in [0.1, 0.15) is 5.82 Å². The van der Waals surface area contributed by atoms with Gasteiger partial charge in [-0.2, -0.15) is 0 Å². The van der Waals surface area contributed by atoms with Gasteiger partial charge in [-0.25, -0.2) is 4.98 Å². The van der Waals surface area contributed by atoms with Gasteiger partial charge in [0.2, 0.25) is 6.79 Å². The molecule has 3 rings (SSSR count). The number of hydrogen-bond donors (Lipinski definition) is 0. The highest BCUT2D eigenvalue weighted by molar-refractivity contribution is 5.96. The van der Waals surface area contributed by atoms with Crippen LogP contribution in [-0.2, 0) is 0 Å². The molecule has 86 valence electrons. The summed E-state index contributed by atoms with van der Waals surface area (Å²) in [6.07, 6.45) is 3.24. The van der Waals surface area contributed by atoms with Gasteiger partial charge < -0.3 is 9.47 Å². The topological polar surface area (TPSA) is 53.4 Å². The van der Waals surface area contributed by atoms with Crippen molar-refractivity contribution >= 4 is 5.91 Å². The van der Waals surface area contributed by atoms with Crippen LogP contribution in [0.5, 0.6) is 11.5 Å². The standard InChI is InChI=1S/C12H10N2O3/c1-8-13-4-5-14(8)12(15)9-2-3-10-11(6-9)17-7-16-10/h2-6H,7H2,1H3. The number of carbonyl (C=O) groups is 1. The Morgan fingerprint density at radius 1 is 1.35 bits per heavy atom. The maximum absolute atomic E-state index is 12.2. The summed E-state index contributed by atoms with van der Waals surface area (Å²) < 4.78 is 11.9. The molecule has 0 saturated heterocycles. The van der Waals surface area contributed by atoms with E-state index in [0.717, 1.165) is 0 Å². The van der Waals surface area contributed by atoms with Crippen molar-refractivity contribution in [3.05, 3.63) is 42.0 Å². The van der Waals surface area contributed by atoms with Crippen molar-refractivity contribution in [3.8, 4) is 11.5 Å². The molecule has 0 N–H and O–H groups in total. The number of carbonyl (C=O) groups excluding carboxylic acids is 1. The number of imidazole rings is 1. The lowest BCUT2D eigenvalue weighted by Gasteiger charge is -2.04. The predicted octanol–water partition coefficient (Wildman–Crippen LogP) is 1.61. The van der Waals surface area contributed by atoms with Crippen LogP contribution in [0.25, 0.3) is 0 Å². The Bertz CT molecular complexity index is 589. The Hall–Kier alpha value is -2.30. The first-order valence-corrected chi connectivity index (χ1v) is 5.20. The molecule has 0 radical (unpaired) electrons. The summed E-state index contributed by atoms with van der Waals surface area (Å²) in [5.74, 6) is 1.81. The minimum absolute atomic E-state index is 0.127. The van der Waals surface area contributed by atoms with Crippen LogP contribution in [0.4, 0.5) is 0 Å². The summed E-state index contributed by atoms with van der Waals surface area (Å²) in [5, 5.41) is 0. The third kappa shape index (κ3) is 1.56. The lowest BCUT2D eigenvalue weighted by atomic mass is 10.2. The molecule has 2 aromatic rings. The lowest BCUT2D eigenvalue weighted by Crippen LogP contribution is -2.12. The largest absolute Gasteiger partial charge is 0.454 e. The van der Waals surface area contributed by atoms with E-state index in [4.69, 9.17) is 9.47 Å². The van der Waals surface area contributed by atoms with Crippen LogP contribution in [-0.4, -0.2) is 22.3 Å². The van der Waals surface area contributed by atoms with E-state index >= 15 is 0 Å². The number of nitrogens with zero attached hydrogens (tertiary/aromatic N) is 2. The lowest BCUT2D eigenvalue weighted by molar-refractivity contribution is 0.0957. The monoisotopic (exact) mass is 230 g/mol. The Kier molecular flexibility index (Phi) is 2.11. The molecule has 17 heavy (non-hydrogen) atoms. The first kappa shape index (κ1) is 9.89. The SMILES string of the molecule is Cc1nccn1C(=O)c1ccc2c(c1)OCO2. The van der Waals surface area contributed by atoms with Gasteiger partial charge in [0.05, 0.1) is 0 Å². The number of aryl methyl sites for hydroxylation is 1. The zero-order valence-corrected chi connectivity index (χ0v) is 9.21. The fraction of sp³-hybridized carbons (Fsp3) is 0.167. The molecule has 0 unspecified atom stereocenters. The van der Waals surface area contributed by atoms with Gasteiger partial charge in [-0.15, -0.1) is 0 Å². The van der Waals surface area contributed by atoms with Gasteiger partial charge in [-0.05, 0) is 25.1 Å². The minimum atomic E-state index is -0.127. The van der Waals surface area contributed by atoms with Gasteiger partial charge >= 0.3 is 0 Å². The number of aromatic nitrogens is 2. The zero-order valence-electron chi connectivity index (χ0n) is 9.21. The third-order valence-corrected chi connectivity index (χ3v) is 2.66. The van der Waals surface area contributed by atoms with Crippen LogP contribution >= 0.6 is 0 Å². The van der Waals surface area contributed by atoms with Crippen LogP contribution in [0.3, 0.4) is 0 Å². The summed E-state index contributed by atoms with van der Waals surface area (Å²) in [6.45, 7) is 1.99. The summed E-state index contributed by atoms with van der Waals surface area (Å²) in [7, 11) is 0. The summed E-state index contributed by atoms with van der Waals surface area (Å²) >= 11 is 0. The van der Waals surface area contributed by atoms with Crippen LogP contribution in [0.1, 0.15) is 16.2 Å². The number of benzene rings is 1. The third-order valence-electron chi connectivity index (χ3n) is 2.66. The van der Waals surface area contributed by atoms with Crippen molar-refractivity contribution in [2.24, 2.45) is 0 Å². The quantitative estimate of drug-likeness (QED) is 0.746. The fourth-order valence-corrected chi connectivity index (χ4v) is 1.76. The van der Waals surface area contributed by atoms with E-state index in [1.54, 1.807) is 37.5 Å². The first-order valence-electron chi connectivity index (χ1n) is 5.20. The molecule has 1 aromatic heterocycles. The average Bonchev–Trinajstić information content (AvgIpc) is 2.95.